The number of hydrogen-bond donors (Lipinski definition) is 1. The van der Waals surface area contributed by atoms with Crippen molar-refractivity contribution in [2.24, 2.45) is 5.73 Å². The molecule has 0 atom stereocenters. The Hall–Kier alpha value is -1.42. The summed E-state index contributed by atoms with van der Waals surface area (Å²) in [6.07, 6.45) is 2.88. The first-order valence-electron chi connectivity index (χ1n) is 6.40. The van der Waals surface area contributed by atoms with Crippen LogP contribution in [0.3, 0.4) is 0 Å². The van der Waals surface area contributed by atoms with Crippen molar-refractivity contribution in [2.45, 2.75) is 32.2 Å². The predicted octanol–water partition coefficient (Wildman–Crippen LogP) is 2.09. The number of nitrogens with two attached hydrogens (primary N) is 1. The Morgan fingerprint density at radius 2 is 2.22 bits per heavy atom. The molecule has 0 aliphatic heterocycles. The molecule has 3 nitrogen and oxygen atoms in total. The number of halogens is 1. The van der Waals surface area contributed by atoms with Gasteiger partial charge in [0.1, 0.15) is 5.82 Å². The van der Waals surface area contributed by atoms with Crippen molar-refractivity contribution in [3.8, 4) is 0 Å². The van der Waals surface area contributed by atoms with E-state index in [9.17, 15) is 9.18 Å². The fourth-order valence-electron chi connectivity index (χ4n) is 1.99. The van der Waals surface area contributed by atoms with Crippen molar-refractivity contribution in [1.29, 1.82) is 0 Å². The van der Waals surface area contributed by atoms with Gasteiger partial charge in [0.05, 0.1) is 0 Å². The van der Waals surface area contributed by atoms with Crippen molar-refractivity contribution >= 4 is 5.91 Å². The highest BCUT2D eigenvalue weighted by molar-refractivity contribution is 5.94. The molecule has 1 fully saturated rings. The zero-order chi connectivity index (χ0) is 13.1. The molecule has 98 valence electrons. The molecule has 0 bridgehead atoms. The van der Waals surface area contributed by atoms with Gasteiger partial charge in [-0.05, 0) is 50.4 Å². The van der Waals surface area contributed by atoms with Gasteiger partial charge in [-0.25, -0.2) is 4.39 Å². The zero-order valence-corrected chi connectivity index (χ0v) is 10.7. The Morgan fingerprint density at radius 1 is 1.50 bits per heavy atom. The molecular formula is C14H19FN2O. The van der Waals surface area contributed by atoms with Gasteiger partial charge in [0.15, 0.2) is 0 Å². The van der Waals surface area contributed by atoms with E-state index in [-0.39, 0.29) is 11.7 Å². The maximum Gasteiger partial charge on any atom is 0.254 e. The average Bonchev–Trinajstić information content (AvgIpc) is 3.17. The third-order valence-corrected chi connectivity index (χ3v) is 3.27. The largest absolute Gasteiger partial charge is 0.336 e. The lowest BCUT2D eigenvalue weighted by atomic mass is 10.1. The van der Waals surface area contributed by atoms with Gasteiger partial charge in [-0.3, -0.25) is 4.79 Å². The molecule has 18 heavy (non-hydrogen) atoms. The van der Waals surface area contributed by atoms with E-state index in [1.54, 1.807) is 19.1 Å². The van der Waals surface area contributed by atoms with Crippen molar-refractivity contribution in [3.05, 3.63) is 35.1 Å². The average molecular weight is 250 g/mol. The van der Waals surface area contributed by atoms with Crippen LogP contribution in [0.1, 0.15) is 35.2 Å². The molecule has 1 saturated carbocycles. The van der Waals surface area contributed by atoms with E-state index in [1.807, 2.05) is 4.90 Å². The molecule has 0 aromatic heterocycles. The molecule has 0 saturated heterocycles. The van der Waals surface area contributed by atoms with Crippen LogP contribution in [-0.2, 0) is 0 Å². The molecule has 4 heteroatoms. The number of carbonyl (C=O) groups is 1. The number of nitrogens with zero attached hydrogens (tertiary/aromatic N) is 1. The van der Waals surface area contributed by atoms with Gasteiger partial charge < -0.3 is 10.6 Å². The molecule has 1 amide bonds. The lowest BCUT2D eigenvalue weighted by Crippen LogP contribution is -2.35. The summed E-state index contributed by atoms with van der Waals surface area (Å²) in [6.45, 7) is 2.92. The fraction of sp³-hybridized carbons (Fsp3) is 0.500. The molecule has 2 rings (SSSR count). The topological polar surface area (TPSA) is 46.3 Å². The third-order valence-electron chi connectivity index (χ3n) is 3.27. The maximum atomic E-state index is 13.5. The van der Waals surface area contributed by atoms with Gasteiger partial charge >= 0.3 is 0 Å². The van der Waals surface area contributed by atoms with Crippen LogP contribution < -0.4 is 5.73 Å². The van der Waals surface area contributed by atoms with Crippen LogP contribution in [-0.4, -0.2) is 29.9 Å². The molecule has 2 N–H and O–H groups in total. The minimum atomic E-state index is -0.324. The van der Waals surface area contributed by atoms with Crippen LogP contribution in [0.4, 0.5) is 4.39 Å². The lowest BCUT2D eigenvalue weighted by molar-refractivity contribution is 0.0741. The first-order chi connectivity index (χ1) is 8.63. The molecule has 1 aromatic carbocycles. The number of benzene rings is 1. The second-order valence-electron chi connectivity index (χ2n) is 4.84. The third kappa shape index (κ3) is 2.88. The lowest BCUT2D eigenvalue weighted by Gasteiger charge is -2.22. The van der Waals surface area contributed by atoms with Gasteiger partial charge in [0.25, 0.3) is 5.91 Å². The second kappa shape index (κ2) is 5.48. The van der Waals surface area contributed by atoms with Crippen LogP contribution in [0.5, 0.6) is 0 Å². The first-order valence-corrected chi connectivity index (χ1v) is 6.40. The molecule has 0 unspecified atom stereocenters. The van der Waals surface area contributed by atoms with Crippen LogP contribution in [0.15, 0.2) is 18.2 Å². The summed E-state index contributed by atoms with van der Waals surface area (Å²) in [7, 11) is 0. The van der Waals surface area contributed by atoms with Crippen LogP contribution in [0.2, 0.25) is 0 Å². The maximum absolute atomic E-state index is 13.5. The Labute approximate surface area is 107 Å². The van der Waals surface area contributed by atoms with Crippen molar-refractivity contribution in [1.82, 2.24) is 4.90 Å². The van der Waals surface area contributed by atoms with Crippen molar-refractivity contribution in [2.75, 3.05) is 13.1 Å². The van der Waals surface area contributed by atoms with Crippen LogP contribution in [0, 0.1) is 12.7 Å². The Balaban J connectivity index is 2.13. The number of rotatable bonds is 5. The van der Waals surface area contributed by atoms with Crippen molar-refractivity contribution in [3.63, 3.8) is 0 Å². The van der Waals surface area contributed by atoms with E-state index in [0.29, 0.717) is 30.3 Å². The van der Waals surface area contributed by atoms with E-state index in [2.05, 4.69) is 0 Å². The molecule has 0 spiro atoms. The van der Waals surface area contributed by atoms with Crippen molar-refractivity contribution < 1.29 is 9.18 Å². The van der Waals surface area contributed by atoms with E-state index in [0.717, 1.165) is 19.3 Å². The minimum absolute atomic E-state index is 0.0788. The molecule has 1 aliphatic carbocycles. The van der Waals surface area contributed by atoms with E-state index in [1.165, 1.54) is 6.07 Å². The highest BCUT2D eigenvalue weighted by Crippen LogP contribution is 2.28. The Kier molecular flexibility index (Phi) is 3.97. The molecular weight excluding hydrogens is 231 g/mol. The quantitative estimate of drug-likeness (QED) is 0.869. The molecule has 1 aromatic rings. The van der Waals surface area contributed by atoms with Crippen LogP contribution in [0.25, 0.3) is 0 Å². The second-order valence-corrected chi connectivity index (χ2v) is 4.84. The SMILES string of the molecule is Cc1ccc(C(=O)N(CCCN)C2CC2)cc1F. The van der Waals surface area contributed by atoms with Gasteiger partial charge in [-0.1, -0.05) is 6.07 Å². The fourth-order valence-corrected chi connectivity index (χ4v) is 1.99. The summed E-state index contributed by atoms with van der Waals surface area (Å²) < 4.78 is 13.5. The number of carbonyl (C=O) groups excluding carboxylic acids is 1. The summed E-state index contributed by atoms with van der Waals surface area (Å²) in [6, 6.07) is 5.00. The van der Waals surface area contributed by atoms with Gasteiger partial charge in [0.2, 0.25) is 0 Å². The predicted molar refractivity (Wildman–Crippen MR) is 68.9 cm³/mol. The highest BCUT2D eigenvalue weighted by Gasteiger charge is 2.32. The highest BCUT2D eigenvalue weighted by atomic mass is 19.1. The van der Waals surface area contributed by atoms with Crippen LogP contribution >= 0.6 is 0 Å². The van der Waals surface area contributed by atoms with E-state index < -0.39 is 0 Å². The summed E-state index contributed by atoms with van der Waals surface area (Å²) in [5.41, 5.74) is 6.48. The smallest absolute Gasteiger partial charge is 0.254 e. The summed E-state index contributed by atoms with van der Waals surface area (Å²) in [4.78, 5) is 14.1. The molecule has 0 heterocycles. The van der Waals surface area contributed by atoms with E-state index >= 15 is 0 Å². The standard InChI is InChI=1S/C14H19FN2O/c1-10-3-4-11(9-13(10)15)14(18)17(8-2-7-16)12-5-6-12/h3-4,9,12H,2,5-8,16H2,1H3. The normalized spacial score (nSPS) is 14.6. The first kappa shape index (κ1) is 13.0. The Bertz CT molecular complexity index is 443. The minimum Gasteiger partial charge on any atom is -0.336 e. The summed E-state index contributed by atoms with van der Waals surface area (Å²) >= 11 is 0. The molecule has 0 radical (unpaired) electrons. The number of amides is 1. The summed E-state index contributed by atoms with van der Waals surface area (Å²) in [5, 5.41) is 0. The Morgan fingerprint density at radius 3 is 2.78 bits per heavy atom. The number of hydrogen-bond acceptors (Lipinski definition) is 2. The van der Waals surface area contributed by atoms with Gasteiger partial charge in [-0.2, -0.15) is 0 Å². The monoisotopic (exact) mass is 250 g/mol. The number of aryl methyl sites for hydroxylation is 1. The van der Waals surface area contributed by atoms with Gasteiger partial charge in [0, 0.05) is 18.2 Å². The summed E-state index contributed by atoms with van der Waals surface area (Å²) in [5.74, 6) is -0.403. The van der Waals surface area contributed by atoms with E-state index in [4.69, 9.17) is 5.73 Å². The van der Waals surface area contributed by atoms with Gasteiger partial charge in [-0.15, -0.1) is 0 Å². The zero-order valence-electron chi connectivity index (χ0n) is 10.7. The molecule has 1 aliphatic rings.